The molecule has 2 N–H and O–H groups in total. The highest BCUT2D eigenvalue weighted by atomic mass is 127. The Bertz CT molecular complexity index is 779. The summed E-state index contributed by atoms with van der Waals surface area (Å²) < 4.78 is 11.3. The molecule has 166 valence electrons. The fourth-order valence-corrected chi connectivity index (χ4v) is 4.33. The third kappa shape index (κ3) is 7.11. The van der Waals surface area contributed by atoms with Gasteiger partial charge in [-0.25, -0.2) is 0 Å². The predicted molar refractivity (Wildman–Crippen MR) is 135 cm³/mol. The van der Waals surface area contributed by atoms with Gasteiger partial charge in [0, 0.05) is 43.7 Å². The lowest BCUT2D eigenvalue weighted by molar-refractivity contribution is 0.0177. The number of aryl methyl sites for hydroxylation is 1. The number of thiophene rings is 1. The van der Waals surface area contributed by atoms with Gasteiger partial charge in [-0.3, -0.25) is 9.89 Å². The number of hydrogen-bond acceptors (Lipinski definition) is 5. The Labute approximate surface area is 201 Å². The molecule has 2 heterocycles. The predicted octanol–water partition coefficient (Wildman–Crippen LogP) is 3.81. The van der Waals surface area contributed by atoms with Crippen molar-refractivity contribution in [3.8, 4) is 5.75 Å². The fraction of sp³-hybridized carbons (Fsp3) is 0.500. The summed E-state index contributed by atoms with van der Waals surface area (Å²) >= 11 is 1.80. The first-order valence-electron chi connectivity index (χ1n) is 10.2. The number of rotatable bonds is 8. The van der Waals surface area contributed by atoms with E-state index >= 15 is 0 Å². The summed E-state index contributed by atoms with van der Waals surface area (Å²) in [7, 11) is 1.81. The maximum absolute atomic E-state index is 5.79. The minimum Gasteiger partial charge on any atom is -0.494 e. The summed E-state index contributed by atoms with van der Waals surface area (Å²) in [4.78, 5) is 8.27. The van der Waals surface area contributed by atoms with Crippen LogP contribution in [-0.4, -0.2) is 57.4 Å². The molecule has 0 aliphatic carbocycles. The van der Waals surface area contributed by atoms with E-state index in [0.717, 1.165) is 50.1 Å². The van der Waals surface area contributed by atoms with Crippen molar-refractivity contribution in [3.63, 3.8) is 0 Å². The molecule has 1 aromatic carbocycles. The van der Waals surface area contributed by atoms with Gasteiger partial charge in [0.25, 0.3) is 0 Å². The highest BCUT2D eigenvalue weighted by molar-refractivity contribution is 14.0. The average Bonchev–Trinajstić information content (AvgIpc) is 3.27. The first kappa shape index (κ1) is 24.9. The Kier molecular flexibility index (Phi) is 10.9. The Morgan fingerprint density at radius 1 is 1.27 bits per heavy atom. The number of nitrogens with one attached hydrogen (secondary N) is 2. The largest absolute Gasteiger partial charge is 0.494 e. The Balaban J connectivity index is 0.00000320. The molecule has 3 rings (SSSR count). The van der Waals surface area contributed by atoms with Crippen molar-refractivity contribution < 1.29 is 9.47 Å². The minimum atomic E-state index is 0. The van der Waals surface area contributed by atoms with Gasteiger partial charge in [-0.2, -0.15) is 0 Å². The average molecular weight is 545 g/mol. The van der Waals surface area contributed by atoms with E-state index in [1.807, 2.05) is 14.0 Å². The molecule has 0 bridgehead atoms. The van der Waals surface area contributed by atoms with Crippen molar-refractivity contribution in [1.82, 2.24) is 15.5 Å². The molecule has 0 amide bonds. The van der Waals surface area contributed by atoms with E-state index in [2.05, 4.69) is 63.2 Å². The summed E-state index contributed by atoms with van der Waals surface area (Å²) in [5, 5.41) is 9.08. The third-order valence-corrected chi connectivity index (χ3v) is 5.99. The number of morpholine rings is 1. The zero-order chi connectivity index (χ0) is 20.5. The topological polar surface area (TPSA) is 58.1 Å². The van der Waals surface area contributed by atoms with E-state index in [9.17, 15) is 0 Å². The van der Waals surface area contributed by atoms with Crippen molar-refractivity contribution in [1.29, 1.82) is 0 Å². The molecule has 8 heteroatoms. The van der Waals surface area contributed by atoms with Gasteiger partial charge in [-0.15, -0.1) is 35.3 Å². The molecule has 6 nitrogen and oxygen atoms in total. The molecule has 1 saturated heterocycles. The normalized spacial score (nSPS) is 15.9. The summed E-state index contributed by atoms with van der Waals surface area (Å²) in [6.07, 6.45) is 0. The molecule has 0 radical (unpaired) electrons. The zero-order valence-corrected chi connectivity index (χ0v) is 21.2. The summed E-state index contributed by atoms with van der Waals surface area (Å²) in [6, 6.07) is 11.0. The van der Waals surface area contributed by atoms with Crippen LogP contribution < -0.4 is 15.4 Å². The van der Waals surface area contributed by atoms with E-state index < -0.39 is 0 Å². The zero-order valence-electron chi connectivity index (χ0n) is 18.0. The first-order chi connectivity index (χ1) is 14.2. The second-order valence-electron chi connectivity index (χ2n) is 7.03. The Morgan fingerprint density at radius 2 is 2.07 bits per heavy atom. The number of halogens is 1. The van der Waals surface area contributed by atoms with Crippen molar-refractivity contribution in [2.45, 2.75) is 26.4 Å². The van der Waals surface area contributed by atoms with Gasteiger partial charge in [0.05, 0.1) is 25.9 Å². The molecule has 2 aromatic rings. The van der Waals surface area contributed by atoms with E-state index in [1.54, 1.807) is 11.3 Å². The lowest BCUT2D eigenvalue weighted by Crippen LogP contribution is -2.46. The SMILES string of the molecule is CCOc1cc(C)ccc1CNC(=NC)NCC(c1cccs1)N1CCOCC1.I. The molecule has 30 heavy (non-hydrogen) atoms. The van der Waals surface area contributed by atoms with Crippen LogP contribution >= 0.6 is 35.3 Å². The van der Waals surface area contributed by atoms with Crippen LogP contribution in [0.4, 0.5) is 0 Å². The van der Waals surface area contributed by atoms with Crippen molar-refractivity contribution in [2.24, 2.45) is 4.99 Å². The maximum atomic E-state index is 5.79. The van der Waals surface area contributed by atoms with Crippen LogP contribution in [-0.2, 0) is 11.3 Å². The van der Waals surface area contributed by atoms with Crippen molar-refractivity contribution in [3.05, 3.63) is 51.7 Å². The van der Waals surface area contributed by atoms with Crippen LogP contribution in [0.3, 0.4) is 0 Å². The lowest BCUT2D eigenvalue weighted by Gasteiger charge is -2.34. The standard InChI is InChI=1S/C22H32N4O2S.HI/c1-4-28-20-14-17(2)7-8-18(20)15-24-22(23-3)25-16-19(21-6-5-13-29-21)26-9-11-27-12-10-26;/h5-8,13-14,19H,4,9-12,15-16H2,1-3H3,(H2,23,24,25);1H. The molecule has 1 fully saturated rings. The van der Waals surface area contributed by atoms with E-state index in [1.165, 1.54) is 10.4 Å². The number of guanidine groups is 1. The molecule has 0 spiro atoms. The summed E-state index contributed by atoms with van der Waals surface area (Å²) in [5.41, 5.74) is 2.33. The van der Waals surface area contributed by atoms with E-state index in [0.29, 0.717) is 19.2 Å². The number of ether oxygens (including phenoxy) is 2. The van der Waals surface area contributed by atoms with Crippen LogP contribution in [0.15, 0.2) is 40.7 Å². The molecule has 1 aromatic heterocycles. The van der Waals surface area contributed by atoms with Gasteiger partial charge in [0.1, 0.15) is 5.75 Å². The highest BCUT2D eigenvalue weighted by Crippen LogP contribution is 2.25. The van der Waals surface area contributed by atoms with Crippen molar-refractivity contribution >= 4 is 41.3 Å². The molecule has 1 unspecified atom stereocenters. The van der Waals surface area contributed by atoms with Crippen LogP contribution in [0.2, 0.25) is 0 Å². The van der Waals surface area contributed by atoms with Gasteiger partial charge in [0.15, 0.2) is 5.96 Å². The third-order valence-electron chi connectivity index (χ3n) is 5.01. The number of aliphatic imine (C=N–C) groups is 1. The smallest absolute Gasteiger partial charge is 0.191 e. The molecular weight excluding hydrogens is 511 g/mol. The summed E-state index contributed by atoms with van der Waals surface area (Å²) in [5.74, 6) is 1.73. The molecular formula is C22H33IN4O2S. The molecule has 0 saturated carbocycles. The Hall–Kier alpha value is -1.36. The second kappa shape index (κ2) is 13.1. The van der Waals surface area contributed by atoms with Crippen LogP contribution in [0.25, 0.3) is 0 Å². The van der Waals surface area contributed by atoms with Gasteiger partial charge in [-0.05, 0) is 36.9 Å². The maximum Gasteiger partial charge on any atom is 0.191 e. The highest BCUT2D eigenvalue weighted by Gasteiger charge is 2.23. The fourth-order valence-electron chi connectivity index (χ4n) is 3.47. The van der Waals surface area contributed by atoms with Crippen molar-refractivity contribution in [2.75, 3.05) is 46.5 Å². The molecule has 1 aliphatic rings. The number of hydrogen-bond donors (Lipinski definition) is 2. The first-order valence-corrected chi connectivity index (χ1v) is 11.1. The lowest BCUT2D eigenvalue weighted by atomic mass is 10.1. The summed E-state index contributed by atoms with van der Waals surface area (Å²) in [6.45, 7) is 9.71. The van der Waals surface area contributed by atoms with E-state index in [-0.39, 0.29) is 24.0 Å². The second-order valence-corrected chi connectivity index (χ2v) is 8.01. The van der Waals surface area contributed by atoms with Gasteiger partial charge in [0.2, 0.25) is 0 Å². The van der Waals surface area contributed by atoms with E-state index in [4.69, 9.17) is 9.47 Å². The monoisotopic (exact) mass is 544 g/mol. The van der Waals surface area contributed by atoms with Gasteiger partial charge >= 0.3 is 0 Å². The molecule has 1 atom stereocenters. The minimum absolute atomic E-state index is 0. The Morgan fingerprint density at radius 3 is 2.73 bits per heavy atom. The quantitative estimate of drug-likeness (QED) is 0.301. The van der Waals surface area contributed by atoms with Crippen LogP contribution in [0.5, 0.6) is 5.75 Å². The van der Waals surface area contributed by atoms with Gasteiger partial charge < -0.3 is 20.1 Å². The number of benzene rings is 1. The van der Waals surface area contributed by atoms with Gasteiger partial charge in [-0.1, -0.05) is 18.2 Å². The number of nitrogens with zero attached hydrogens (tertiary/aromatic N) is 2. The van der Waals surface area contributed by atoms with Crippen LogP contribution in [0, 0.1) is 6.92 Å². The molecule has 1 aliphatic heterocycles. The van der Waals surface area contributed by atoms with Crippen LogP contribution in [0.1, 0.15) is 29.0 Å².